The van der Waals surface area contributed by atoms with Gasteiger partial charge >= 0.3 is 12.1 Å². The van der Waals surface area contributed by atoms with Gasteiger partial charge in [-0.1, -0.05) is 23.7 Å². The molecular formula is C14H14ClF4NO3. The molecule has 0 amide bonds. The Bertz CT molecular complexity index is 596. The Labute approximate surface area is 134 Å². The van der Waals surface area contributed by atoms with Crippen molar-refractivity contribution in [1.82, 2.24) is 5.32 Å². The number of fused-ring (bicyclic) bond motifs is 3. The van der Waals surface area contributed by atoms with E-state index in [-0.39, 0.29) is 5.92 Å². The van der Waals surface area contributed by atoms with Crippen LogP contribution in [0.2, 0.25) is 5.02 Å². The highest BCUT2D eigenvalue weighted by molar-refractivity contribution is 6.31. The molecule has 0 saturated carbocycles. The number of aliphatic carboxylic acids is 1. The van der Waals surface area contributed by atoms with Crippen LogP contribution in [0.25, 0.3) is 0 Å². The first-order chi connectivity index (χ1) is 10.7. The lowest BCUT2D eigenvalue weighted by Gasteiger charge is -2.38. The van der Waals surface area contributed by atoms with Crippen LogP contribution in [0.3, 0.4) is 0 Å². The van der Waals surface area contributed by atoms with Gasteiger partial charge < -0.3 is 15.2 Å². The van der Waals surface area contributed by atoms with E-state index in [9.17, 15) is 17.6 Å². The van der Waals surface area contributed by atoms with E-state index in [2.05, 4.69) is 5.32 Å². The third-order valence-electron chi connectivity index (χ3n) is 3.91. The molecule has 3 rings (SSSR count). The van der Waals surface area contributed by atoms with Crippen molar-refractivity contribution in [2.24, 2.45) is 0 Å². The van der Waals surface area contributed by atoms with E-state index >= 15 is 0 Å². The predicted octanol–water partition coefficient (Wildman–Crippen LogP) is 2.90. The zero-order valence-corrected chi connectivity index (χ0v) is 12.5. The highest BCUT2D eigenvalue weighted by atomic mass is 35.5. The maximum absolute atomic E-state index is 13.2. The normalized spacial score (nSPS) is 25.9. The molecule has 0 spiro atoms. The van der Waals surface area contributed by atoms with Gasteiger partial charge in [-0.25, -0.2) is 9.18 Å². The van der Waals surface area contributed by atoms with Crippen molar-refractivity contribution in [1.29, 1.82) is 0 Å². The Morgan fingerprint density at radius 1 is 1.48 bits per heavy atom. The summed E-state index contributed by atoms with van der Waals surface area (Å²) in [5.74, 6) is -2.67. The van der Waals surface area contributed by atoms with Gasteiger partial charge in [-0.05, 0) is 17.2 Å². The van der Waals surface area contributed by atoms with Crippen LogP contribution in [-0.4, -0.2) is 42.6 Å². The predicted molar refractivity (Wildman–Crippen MR) is 74.2 cm³/mol. The Hall–Kier alpha value is -1.38. The maximum atomic E-state index is 13.2. The lowest BCUT2D eigenvalue weighted by atomic mass is 9.81. The third-order valence-corrected chi connectivity index (χ3v) is 4.27. The number of benzene rings is 1. The van der Waals surface area contributed by atoms with Gasteiger partial charge in [-0.15, -0.1) is 0 Å². The number of halogens is 5. The Balaban J connectivity index is 0.000000236. The molecule has 0 aromatic heterocycles. The van der Waals surface area contributed by atoms with Crippen LogP contribution in [0.4, 0.5) is 17.6 Å². The molecule has 0 bridgehead atoms. The zero-order valence-electron chi connectivity index (χ0n) is 11.8. The van der Waals surface area contributed by atoms with Crippen LogP contribution in [-0.2, 0) is 16.1 Å². The lowest BCUT2D eigenvalue weighted by molar-refractivity contribution is -0.192. The first-order valence-electron chi connectivity index (χ1n) is 6.69. The molecule has 0 radical (unpaired) electrons. The molecule has 128 valence electrons. The van der Waals surface area contributed by atoms with Crippen molar-refractivity contribution in [3.63, 3.8) is 0 Å². The summed E-state index contributed by atoms with van der Waals surface area (Å²) in [6, 6.07) is 5.81. The number of hydrogen-bond acceptors (Lipinski definition) is 3. The smallest absolute Gasteiger partial charge is 0.475 e. The SMILES string of the molecule is FC[C@@]12CNC[C@H]1c1cccc(Cl)c1CO2.O=C(O)C(F)(F)F. The molecule has 2 aliphatic heterocycles. The van der Waals surface area contributed by atoms with Crippen LogP contribution >= 0.6 is 11.6 Å². The second-order valence-electron chi connectivity index (χ2n) is 5.28. The standard InChI is InChI=1S/C12H13ClFNO.C2HF3O2/c13-11-3-1-2-8-9(11)5-16-12(6-14)7-15-4-10(8)12;3-2(4,5)1(6)7/h1-3,10,15H,4-7H2;(H,6,7)/t10-,12+;/m0./s1. The number of carboxylic acid groups (broad SMARTS) is 1. The van der Waals surface area contributed by atoms with Crippen LogP contribution in [0.15, 0.2) is 18.2 Å². The first kappa shape index (κ1) is 18.0. The van der Waals surface area contributed by atoms with E-state index in [4.69, 9.17) is 26.2 Å². The van der Waals surface area contributed by atoms with E-state index < -0.39 is 24.4 Å². The molecule has 4 nitrogen and oxygen atoms in total. The van der Waals surface area contributed by atoms with E-state index in [0.717, 1.165) is 22.7 Å². The van der Waals surface area contributed by atoms with Gasteiger partial charge in [0.1, 0.15) is 12.3 Å². The molecule has 0 aliphatic carbocycles. The molecule has 2 heterocycles. The van der Waals surface area contributed by atoms with Gasteiger partial charge in [0.05, 0.1) is 6.61 Å². The van der Waals surface area contributed by atoms with E-state index in [0.29, 0.717) is 13.2 Å². The summed E-state index contributed by atoms with van der Waals surface area (Å²) in [4.78, 5) is 8.90. The quantitative estimate of drug-likeness (QED) is 0.761. The zero-order chi connectivity index (χ0) is 17.3. The number of carbonyl (C=O) groups is 1. The average Bonchev–Trinajstić information content (AvgIpc) is 2.92. The fraction of sp³-hybridized carbons (Fsp3) is 0.500. The summed E-state index contributed by atoms with van der Waals surface area (Å²) in [6.45, 7) is 1.31. The topological polar surface area (TPSA) is 58.6 Å². The minimum absolute atomic E-state index is 0.0833. The van der Waals surface area contributed by atoms with Gasteiger partial charge in [-0.3, -0.25) is 0 Å². The number of alkyl halides is 4. The maximum Gasteiger partial charge on any atom is 0.490 e. The van der Waals surface area contributed by atoms with Crippen molar-refractivity contribution in [2.75, 3.05) is 19.8 Å². The van der Waals surface area contributed by atoms with Crippen LogP contribution in [0, 0.1) is 0 Å². The molecule has 0 unspecified atom stereocenters. The summed E-state index contributed by atoms with van der Waals surface area (Å²) < 4.78 is 50.7. The fourth-order valence-electron chi connectivity index (χ4n) is 2.73. The summed E-state index contributed by atoms with van der Waals surface area (Å²) in [5, 5.41) is 11.1. The Morgan fingerprint density at radius 2 is 2.13 bits per heavy atom. The average molecular weight is 356 g/mol. The highest BCUT2D eigenvalue weighted by Crippen LogP contribution is 2.43. The molecule has 2 N–H and O–H groups in total. The summed E-state index contributed by atoms with van der Waals surface area (Å²) in [7, 11) is 0. The summed E-state index contributed by atoms with van der Waals surface area (Å²) in [5.41, 5.74) is 1.49. The number of rotatable bonds is 1. The van der Waals surface area contributed by atoms with E-state index in [1.54, 1.807) is 0 Å². The van der Waals surface area contributed by atoms with Gasteiger partial charge in [0.2, 0.25) is 0 Å². The minimum Gasteiger partial charge on any atom is -0.475 e. The first-order valence-corrected chi connectivity index (χ1v) is 7.07. The molecule has 1 aromatic carbocycles. The third kappa shape index (κ3) is 3.59. The highest BCUT2D eigenvalue weighted by Gasteiger charge is 2.48. The van der Waals surface area contributed by atoms with E-state index in [1.165, 1.54) is 0 Å². The molecule has 2 atom stereocenters. The second kappa shape index (κ2) is 6.62. The Morgan fingerprint density at radius 3 is 2.70 bits per heavy atom. The van der Waals surface area contributed by atoms with Gasteiger partial charge in [0.25, 0.3) is 0 Å². The fourth-order valence-corrected chi connectivity index (χ4v) is 2.97. The van der Waals surface area contributed by atoms with Crippen molar-refractivity contribution in [3.05, 3.63) is 34.3 Å². The van der Waals surface area contributed by atoms with Crippen LogP contribution < -0.4 is 5.32 Å². The Kier molecular flexibility index (Phi) is 5.17. The monoisotopic (exact) mass is 355 g/mol. The van der Waals surface area contributed by atoms with Crippen molar-refractivity contribution in [3.8, 4) is 0 Å². The summed E-state index contributed by atoms with van der Waals surface area (Å²) in [6.07, 6.45) is -5.08. The van der Waals surface area contributed by atoms with Gasteiger partial charge in [0.15, 0.2) is 0 Å². The van der Waals surface area contributed by atoms with Gasteiger partial charge in [-0.2, -0.15) is 13.2 Å². The molecule has 1 aromatic rings. The molecule has 1 saturated heterocycles. The lowest BCUT2D eigenvalue weighted by Crippen LogP contribution is -2.45. The van der Waals surface area contributed by atoms with Crippen molar-refractivity contribution in [2.45, 2.75) is 24.3 Å². The number of carboxylic acids is 1. The molecule has 2 aliphatic rings. The second-order valence-corrected chi connectivity index (χ2v) is 5.69. The van der Waals surface area contributed by atoms with Crippen LogP contribution in [0.5, 0.6) is 0 Å². The number of nitrogens with one attached hydrogen (secondary N) is 1. The largest absolute Gasteiger partial charge is 0.490 e. The minimum atomic E-state index is -5.08. The number of ether oxygens (including phenoxy) is 1. The van der Waals surface area contributed by atoms with Gasteiger partial charge in [0, 0.05) is 24.0 Å². The van der Waals surface area contributed by atoms with Crippen molar-refractivity contribution >= 4 is 17.6 Å². The summed E-state index contributed by atoms with van der Waals surface area (Å²) >= 11 is 6.13. The van der Waals surface area contributed by atoms with Crippen molar-refractivity contribution < 1.29 is 32.2 Å². The molecule has 1 fully saturated rings. The molecular weight excluding hydrogens is 342 g/mol. The number of hydrogen-bond donors (Lipinski definition) is 2. The molecule has 9 heteroatoms. The molecule has 23 heavy (non-hydrogen) atoms. The van der Waals surface area contributed by atoms with E-state index in [1.807, 2.05) is 18.2 Å². The van der Waals surface area contributed by atoms with Crippen LogP contribution in [0.1, 0.15) is 17.0 Å².